The van der Waals surface area contributed by atoms with Crippen LogP contribution in [0.5, 0.6) is 0 Å². The van der Waals surface area contributed by atoms with Crippen molar-refractivity contribution >= 4 is 34.5 Å². The Balaban J connectivity index is 2.55. The van der Waals surface area contributed by atoms with E-state index in [0.29, 0.717) is 22.0 Å². The highest BCUT2D eigenvalue weighted by Gasteiger charge is 2.19. The molecule has 1 aliphatic carbocycles. The molecule has 0 aromatic heterocycles. The van der Waals surface area contributed by atoms with Crippen molar-refractivity contribution in [1.82, 2.24) is 0 Å². The normalized spacial score (nSPS) is 14.6. The maximum atomic E-state index is 10.6. The van der Waals surface area contributed by atoms with Gasteiger partial charge in [-0.1, -0.05) is 29.3 Å². The molecular formula is C10H6Cl2O. The van der Waals surface area contributed by atoms with E-state index < -0.39 is 0 Å². The van der Waals surface area contributed by atoms with E-state index >= 15 is 0 Å². The van der Waals surface area contributed by atoms with E-state index in [2.05, 4.69) is 0 Å². The van der Waals surface area contributed by atoms with Gasteiger partial charge in [-0.25, -0.2) is 0 Å². The first-order chi connectivity index (χ1) is 6.22. The third-order valence-corrected chi connectivity index (χ3v) is 2.79. The van der Waals surface area contributed by atoms with Crippen LogP contribution in [-0.2, 0) is 11.2 Å². The molecule has 0 amide bonds. The second-order valence-electron chi connectivity index (χ2n) is 2.94. The zero-order valence-corrected chi connectivity index (χ0v) is 8.19. The molecule has 13 heavy (non-hydrogen) atoms. The van der Waals surface area contributed by atoms with Crippen molar-refractivity contribution in [1.29, 1.82) is 0 Å². The molecule has 0 N–H and O–H groups in total. The Morgan fingerprint density at radius 2 is 2.08 bits per heavy atom. The summed E-state index contributed by atoms with van der Waals surface area (Å²) < 4.78 is 0. The number of fused-ring (bicyclic) bond motifs is 1. The van der Waals surface area contributed by atoms with E-state index in [-0.39, 0.29) is 0 Å². The van der Waals surface area contributed by atoms with E-state index in [0.717, 1.165) is 17.4 Å². The predicted octanol–water partition coefficient (Wildman–Crippen LogP) is 3.04. The Labute approximate surface area is 86.0 Å². The van der Waals surface area contributed by atoms with Gasteiger partial charge in [-0.15, -0.1) is 0 Å². The van der Waals surface area contributed by atoms with E-state index in [1.165, 1.54) is 0 Å². The van der Waals surface area contributed by atoms with Crippen molar-refractivity contribution in [2.45, 2.75) is 6.42 Å². The van der Waals surface area contributed by atoms with Crippen LogP contribution >= 0.6 is 23.2 Å². The minimum absolute atomic E-state index is 0.557. The van der Waals surface area contributed by atoms with Gasteiger partial charge in [0, 0.05) is 17.0 Å². The molecule has 66 valence electrons. The molecule has 0 saturated heterocycles. The molecule has 0 aliphatic heterocycles. The molecule has 0 saturated carbocycles. The largest absolute Gasteiger partial charge is 0.298 e. The quantitative estimate of drug-likeness (QED) is 0.655. The van der Waals surface area contributed by atoms with Crippen molar-refractivity contribution in [3.8, 4) is 0 Å². The molecule has 1 aromatic carbocycles. The van der Waals surface area contributed by atoms with E-state index in [4.69, 9.17) is 23.2 Å². The van der Waals surface area contributed by atoms with Crippen molar-refractivity contribution in [2.75, 3.05) is 0 Å². The first-order valence-electron chi connectivity index (χ1n) is 3.85. The first-order valence-corrected chi connectivity index (χ1v) is 4.60. The zero-order valence-electron chi connectivity index (χ0n) is 6.68. The van der Waals surface area contributed by atoms with Gasteiger partial charge in [0.05, 0.1) is 5.03 Å². The van der Waals surface area contributed by atoms with Crippen molar-refractivity contribution in [2.24, 2.45) is 0 Å². The summed E-state index contributed by atoms with van der Waals surface area (Å²) >= 11 is 11.8. The summed E-state index contributed by atoms with van der Waals surface area (Å²) in [6, 6.07) is 5.46. The molecule has 0 bridgehead atoms. The summed E-state index contributed by atoms with van der Waals surface area (Å²) in [6.07, 6.45) is 1.40. The molecule has 0 heterocycles. The monoisotopic (exact) mass is 212 g/mol. The topological polar surface area (TPSA) is 17.1 Å². The van der Waals surface area contributed by atoms with E-state index in [9.17, 15) is 4.79 Å². The number of hydrogen-bond donors (Lipinski definition) is 0. The number of aldehydes is 1. The van der Waals surface area contributed by atoms with Gasteiger partial charge in [-0.2, -0.15) is 0 Å². The smallest absolute Gasteiger partial charge is 0.147 e. The van der Waals surface area contributed by atoms with Gasteiger partial charge in [0.25, 0.3) is 0 Å². The van der Waals surface area contributed by atoms with Crippen LogP contribution in [0, 0.1) is 0 Å². The van der Waals surface area contributed by atoms with Crippen LogP contribution < -0.4 is 0 Å². The van der Waals surface area contributed by atoms with Gasteiger partial charge in [0.15, 0.2) is 0 Å². The fourth-order valence-electron chi connectivity index (χ4n) is 1.47. The second-order valence-corrected chi connectivity index (χ2v) is 3.75. The van der Waals surface area contributed by atoms with Crippen molar-refractivity contribution in [3.05, 3.63) is 39.9 Å². The number of allylic oxidation sites excluding steroid dienone is 1. The summed E-state index contributed by atoms with van der Waals surface area (Å²) in [6.45, 7) is 0. The number of carbonyl (C=O) groups excluding carboxylic acids is 1. The van der Waals surface area contributed by atoms with Gasteiger partial charge in [0.2, 0.25) is 0 Å². The zero-order chi connectivity index (χ0) is 9.42. The average Bonchev–Trinajstić information content (AvgIpc) is 2.42. The highest BCUT2D eigenvalue weighted by molar-refractivity contribution is 6.51. The number of carbonyl (C=O) groups is 1. The van der Waals surface area contributed by atoms with Crippen LogP contribution in [0.1, 0.15) is 11.1 Å². The number of halogens is 2. The molecule has 3 heteroatoms. The molecule has 2 rings (SSSR count). The van der Waals surface area contributed by atoms with Crippen molar-refractivity contribution in [3.63, 3.8) is 0 Å². The number of hydrogen-bond acceptors (Lipinski definition) is 1. The Bertz CT molecular complexity index is 407. The summed E-state index contributed by atoms with van der Waals surface area (Å²) in [5.74, 6) is 0. The minimum atomic E-state index is 0.557. The Morgan fingerprint density at radius 3 is 2.77 bits per heavy atom. The Kier molecular flexibility index (Phi) is 2.14. The lowest BCUT2D eigenvalue weighted by Gasteiger charge is -1.98. The van der Waals surface area contributed by atoms with Crippen LogP contribution in [0.2, 0.25) is 5.02 Å². The van der Waals surface area contributed by atoms with Crippen LogP contribution in [0.3, 0.4) is 0 Å². The Morgan fingerprint density at radius 1 is 1.31 bits per heavy atom. The van der Waals surface area contributed by atoms with Gasteiger partial charge >= 0.3 is 0 Å². The molecule has 0 unspecified atom stereocenters. The van der Waals surface area contributed by atoms with Gasteiger partial charge < -0.3 is 0 Å². The predicted molar refractivity (Wildman–Crippen MR) is 54.0 cm³/mol. The van der Waals surface area contributed by atoms with Gasteiger partial charge in [-0.05, 0) is 23.3 Å². The summed E-state index contributed by atoms with van der Waals surface area (Å²) in [5.41, 5.74) is 2.59. The SMILES string of the molecule is O=CC1=C(Cl)c2ccc(Cl)cc2C1. The van der Waals surface area contributed by atoms with Crippen LogP contribution in [-0.4, -0.2) is 6.29 Å². The first kappa shape index (κ1) is 8.79. The lowest BCUT2D eigenvalue weighted by Crippen LogP contribution is -1.84. The molecule has 0 spiro atoms. The summed E-state index contributed by atoms with van der Waals surface area (Å²) in [4.78, 5) is 10.6. The van der Waals surface area contributed by atoms with Crippen LogP contribution in [0.4, 0.5) is 0 Å². The summed E-state index contributed by atoms with van der Waals surface area (Å²) in [5, 5.41) is 1.23. The van der Waals surface area contributed by atoms with Crippen LogP contribution in [0.15, 0.2) is 23.8 Å². The van der Waals surface area contributed by atoms with E-state index in [1.807, 2.05) is 12.1 Å². The maximum Gasteiger partial charge on any atom is 0.147 e. The number of rotatable bonds is 1. The lowest BCUT2D eigenvalue weighted by atomic mass is 10.1. The third kappa shape index (κ3) is 1.38. The minimum Gasteiger partial charge on any atom is -0.298 e. The van der Waals surface area contributed by atoms with Gasteiger partial charge in [-0.3, -0.25) is 4.79 Å². The van der Waals surface area contributed by atoms with E-state index in [1.54, 1.807) is 6.07 Å². The van der Waals surface area contributed by atoms with Crippen molar-refractivity contribution < 1.29 is 4.79 Å². The summed E-state index contributed by atoms with van der Waals surface area (Å²) in [7, 11) is 0. The highest BCUT2D eigenvalue weighted by atomic mass is 35.5. The molecule has 0 radical (unpaired) electrons. The maximum absolute atomic E-state index is 10.6. The lowest BCUT2D eigenvalue weighted by molar-refractivity contribution is -0.104. The van der Waals surface area contributed by atoms with Crippen LogP contribution in [0.25, 0.3) is 5.03 Å². The van der Waals surface area contributed by atoms with Gasteiger partial charge in [0.1, 0.15) is 6.29 Å². The Hall–Kier alpha value is -0.790. The molecule has 1 aromatic rings. The fourth-order valence-corrected chi connectivity index (χ4v) is 1.96. The standard InChI is InChI=1S/C10H6Cl2O/c11-8-1-2-9-6(4-8)3-7(5-13)10(9)12/h1-2,4-5H,3H2. The molecular weight excluding hydrogens is 207 g/mol. The fraction of sp³-hybridized carbons (Fsp3) is 0.100. The molecule has 1 nitrogen and oxygen atoms in total. The second kappa shape index (κ2) is 3.17. The number of benzene rings is 1. The average molecular weight is 213 g/mol. The highest BCUT2D eigenvalue weighted by Crippen LogP contribution is 2.35. The molecule has 0 fully saturated rings. The third-order valence-electron chi connectivity index (χ3n) is 2.11. The molecule has 1 aliphatic rings. The molecule has 0 atom stereocenters.